The minimum Gasteiger partial charge on any atom is -0.332 e. The van der Waals surface area contributed by atoms with Crippen LogP contribution in [0.15, 0.2) is 5.38 Å². The van der Waals surface area contributed by atoms with Crippen LogP contribution in [0.5, 0.6) is 0 Å². The van der Waals surface area contributed by atoms with Crippen LogP contribution in [0.3, 0.4) is 0 Å². The zero-order valence-corrected chi connectivity index (χ0v) is 10.8. The monoisotopic (exact) mass is 251 g/mol. The Morgan fingerprint density at radius 2 is 2.41 bits per heavy atom. The summed E-state index contributed by atoms with van der Waals surface area (Å²) >= 11 is 1.64. The first-order chi connectivity index (χ1) is 8.25. The molecule has 1 aromatic heterocycles. The average molecular weight is 251 g/mol. The number of nitrogens with one attached hydrogen (secondary N) is 1. The topological polar surface area (TPSA) is 45.2 Å². The van der Waals surface area contributed by atoms with Gasteiger partial charge in [-0.05, 0) is 19.8 Å². The predicted octanol–water partition coefficient (Wildman–Crippen LogP) is 1.45. The van der Waals surface area contributed by atoms with E-state index >= 15 is 0 Å². The quantitative estimate of drug-likeness (QED) is 0.865. The standard InChI is InChI=1S/C12H17N3OS/c1-8-6-13-4-5-15(8)12(16)10-7-17-11(14-10)9-2-3-9/h7-9,13H,2-6H2,1H3/t8-/m1/s1. The van der Waals surface area contributed by atoms with Gasteiger partial charge in [-0.2, -0.15) is 0 Å². The Morgan fingerprint density at radius 1 is 1.59 bits per heavy atom. The minimum atomic E-state index is 0.0992. The molecule has 17 heavy (non-hydrogen) atoms. The van der Waals surface area contributed by atoms with E-state index in [0.29, 0.717) is 11.6 Å². The summed E-state index contributed by atoms with van der Waals surface area (Å²) in [5.41, 5.74) is 0.644. The van der Waals surface area contributed by atoms with E-state index in [-0.39, 0.29) is 11.9 Å². The van der Waals surface area contributed by atoms with Gasteiger partial charge in [0.2, 0.25) is 0 Å². The molecule has 0 unspecified atom stereocenters. The number of carbonyl (C=O) groups excluding carboxylic acids is 1. The number of carbonyl (C=O) groups is 1. The van der Waals surface area contributed by atoms with Crippen LogP contribution in [0.25, 0.3) is 0 Å². The molecule has 1 aliphatic heterocycles. The number of hydrogen-bond acceptors (Lipinski definition) is 4. The summed E-state index contributed by atoms with van der Waals surface area (Å²) in [4.78, 5) is 18.7. The number of rotatable bonds is 2. The lowest BCUT2D eigenvalue weighted by Crippen LogP contribution is -2.52. The largest absolute Gasteiger partial charge is 0.332 e. The summed E-state index contributed by atoms with van der Waals surface area (Å²) in [5.74, 6) is 0.740. The number of amides is 1. The van der Waals surface area contributed by atoms with Crippen LogP contribution in [0.1, 0.15) is 41.2 Å². The van der Waals surface area contributed by atoms with Crippen molar-refractivity contribution in [2.75, 3.05) is 19.6 Å². The van der Waals surface area contributed by atoms with E-state index in [1.54, 1.807) is 11.3 Å². The first-order valence-electron chi connectivity index (χ1n) is 6.23. The van der Waals surface area contributed by atoms with Gasteiger partial charge in [-0.15, -0.1) is 11.3 Å². The summed E-state index contributed by atoms with van der Waals surface area (Å²) in [7, 11) is 0. The highest BCUT2D eigenvalue weighted by Gasteiger charge is 2.30. The zero-order chi connectivity index (χ0) is 11.8. The molecule has 1 amide bonds. The van der Waals surface area contributed by atoms with E-state index in [1.807, 2.05) is 10.3 Å². The Labute approximate surface area is 105 Å². The summed E-state index contributed by atoms with van der Waals surface area (Å²) in [6.45, 7) is 4.63. The molecule has 1 saturated heterocycles. The lowest BCUT2D eigenvalue weighted by Gasteiger charge is -2.33. The number of hydrogen-bond donors (Lipinski definition) is 1. The molecule has 92 valence electrons. The highest BCUT2D eigenvalue weighted by molar-refractivity contribution is 7.10. The highest BCUT2D eigenvalue weighted by Crippen LogP contribution is 2.41. The van der Waals surface area contributed by atoms with Gasteiger partial charge in [0.1, 0.15) is 5.69 Å². The predicted molar refractivity (Wildman–Crippen MR) is 67.5 cm³/mol. The number of thiazole rings is 1. The van der Waals surface area contributed by atoms with Gasteiger partial charge in [0.05, 0.1) is 5.01 Å². The van der Waals surface area contributed by atoms with Crippen molar-refractivity contribution in [1.29, 1.82) is 0 Å². The molecule has 2 aliphatic rings. The molecule has 4 nitrogen and oxygen atoms in total. The third-order valence-electron chi connectivity index (χ3n) is 3.43. The van der Waals surface area contributed by atoms with Gasteiger partial charge in [-0.25, -0.2) is 4.98 Å². The Kier molecular flexibility index (Phi) is 2.88. The molecule has 2 fully saturated rings. The van der Waals surface area contributed by atoms with Crippen LogP contribution in [0, 0.1) is 0 Å². The molecule has 1 atom stereocenters. The normalized spacial score (nSPS) is 25.0. The molecule has 1 N–H and O–H groups in total. The molecular formula is C12H17N3OS. The number of nitrogens with zero attached hydrogens (tertiary/aromatic N) is 2. The van der Waals surface area contributed by atoms with E-state index in [1.165, 1.54) is 12.8 Å². The molecule has 0 aromatic carbocycles. The average Bonchev–Trinajstić information content (AvgIpc) is 3.07. The molecule has 2 heterocycles. The van der Waals surface area contributed by atoms with Crippen LogP contribution in [-0.2, 0) is 0 Å². The fourth-order valence-electron chi connectivity index (χ4n) is 2.19. The fourth-order valence-corrected chi connectivity index (χ4v) is 3.16. The summed E-state index contributed by atoms with van der Waals surface area (Å²) in [6, 6.07) is 0.266. The van der Waals surface area contributed by atoms with Gasteiger partial charge in [0.15, 0.2) is 0 Å². The van der Waals surface area contributed by atoms with Gasteiger partial charge in [-0.1, -0.05) is 0 Å². The summed E-state index contributed by atoms with van der Waals surface area (Å²) in [6.07, 6.45) is 2.48. The fraction of sp³-hybridized carbons (Fsp3) is 0.667. The maximum atomic E-state index is 12.3. The minimum absolute atomic E-state index is 0.0992. The van der Waals surface area contributed by atoms with Gasteiger partial charge in [0, 0.05) is 37.0 Å². The molecular weight excluding hydrogens is 234 g/mol. The van der Waals surface area contributed by atoms with Crippen molar-refractivity contribution in [3.63, 3.8) is 0 Å². The van der Waals surface area contributed by atoms with Crippen LogP contribution in [-0.4, -0.2) is 41.5 Å². The molecule has 1 aliphatic carbocycles. The van der Waals surface area contributed by atoms with E-state index in [0.717, 1.165) is 24.6 Å². The number of aromatic nitrogens is 1. The van der Waals surface area contributed by atoms with Gasteiger partial charge in [-0.3, -0.25) is 4.79 Å². The first-order valence-corrected chi connectivity index (χ1v) is 7.11. The van der Waals surface area contributed by atoms with Crippen LogP contribution < -0.4 is 5.32 Å². The Balaban J connectivity index is 1.75. The van der Waals surface area contributed by atoms with Crippen molar-refractivity contribution in [2.45, 2.75) is 31.7 Å². The van der Waals surface area contributed by atoms with E-state index < -0.39 is 0 Å². The van der Waals surface area contributed by atoms with Gasteiger partial charge >= 0.3 is 0 Å². The molecule has 0 radical (unpaired) electrons. The second-order valence-corrected chi connectivity index (χ2v) is 5.79. The smallest absolute Gasteiger partial charge is 0.273 e. The van der Waals surface area contributed by atoms with Crippen LogP contribution in [0.4, 0.5) is 0 Å². The zero-order valence-electron chi connectivity index (χ0n) is 9.98. The summed E-state index contributed by atoms with van der Waals surface area (Å²) < 4.78 is 0. The van der Waals surface area contributed by atoms with Crippen molar-refractivity contribution < 1.29 is 4.79 Å². The Morgan fingerprint density at radius 3 is 3.12 bits per heavy atom. The van der Waals surface area contributed by atoms with Crippen LogP contribution in [0.2, 0.25) is 0 Å². The first kappa shape index (κ1) is 11.2. The van der Waals surface area contributed by atoms with E-state index in [9.17, 15) is 4.79 Å². The lowest BCUT2D eigenvalue weighted by atomic mass is 10.2. The van der Waals surface area contributed by atoms with Gasteiger partial charge in [0.25, 0.3) is 5.91 Å². The molecule has 3 rings (SSSR count). The second-order valence-electron chi connectivity index (χ2n) is 4.90. The molecule has 0 bridgehead atoms. The molecule has 1 saturated carbocycles. The van der Waals surface area contributed by atoms with Crippen molar-refractivity contribution >= 4 is 17.2 Å². The second kappa shape index (κ2) is 4.38. The van der Waals surface area contributed by atoms with E-state index in [4.69, 9.17) is 0 Å². The highest BCUT2D eigenvalue weighted by atomic mass is 32.1. The SMILES string of the molecule is C[C@@H]1CNCCN1C(=O)c1csc(C2CC2)n1. The third kappa shape index (κ3) is 2.21. The summed E-state index contributed by atoms with van der Waals surface area (Å²) in [5, 5.41) is 6.36. The third-order valence-corrected chi connectivity index (χ3v) is 4.44. The van der Waals surface area contributed by atoms with Gasteiger partial charge < -0.3 is 10.2 Å². The number of piperazine rings is 1. The van der Waals surface area contributed by atoms with Crippen molar-refractivity contribution in [1.82, 2.24) is 15.2 Å². The van der Waals surface area contributed by atoms with Crippen molar-refractivity contribution in [3.05, 3.63) is 16.1 Å². The van der Waals surface area contributed by atoms with Crippen LogP contribution >= 0.6 is 11.3 Å². The maximum absolute atomic E-state index is 12.3. The Bertz CT molecular complexity index is 427. The molecule has 1 aromatic rings. The Hall–Kier alpha value is -0.940. The maximum Gasteiger partial charge on any atom is 0.273 e. The molecule has 0 spiro atoms. The molecule has 5 heteroatoms. The lowest BCUT2D eigenvalue weighted by molar-refractivity contribution is 0.0650. The van der Waals surface area contributed by atoms with Crippen molar-refractivity contribution in [3.8, 4) is 0 Å². The van der Waals surface area contributed by atoms with E-state index in [2.05, 4.69) is 17.2 Å². The van der Waals surface area contributed by atoms with Crippen molar-refractivity contribution in [2.24, 2.45) is 0 Å².